The molecule has 90 valence electrons. The highest BCUT2D eigenvalue weighted by atomic mass is 32.2. The fraction of sp³-hybridized carbons (Fsp3) is 0.455. The minimum Gasteiger partial charge on any atom is -0.329 e. The fourth-order valence-electron chi connectivity index (χ4n) is 1.21. The van der Waals surface area contributed by atoms with Crippen LogP contribution in [0, 0.1) is 12.7 Å². The molecule has 0 amide bonds. The van der Waals surface area contributed by atoms with Crippen molar-refractivity contribution >= 4 is 9.84 Å². The smallest absolute Gasteiger partial charge is 0.184 e. The van der Waals surface area contributed by atoms with Crippen LogP contribution in [0.3, 0.4) is 0 Å². The molecular formula is C11H16FNO2S. The first-order valence-corrected chi connectivity index (χ1v) is 6.41. The quantitative estimate of drug-likeness (QED) is 0.824. The second-order valence-electron chi connectivity index (χ2n) is 4.38. The zero-order valence-corrected chi connectivity index (χ0v) is 10.4. The number of aryl methyl sites for hydroxylation is 1. The minimum atomic E-state index is -3.52. The van der Waals surface area contributed by atoms with E-state index in [0.29, 0.717) is 5.56 Å². The maximum Gasteiger partial charge on any atom is 0.184 e. The van der Waals surface area contributed by atoms with Gasteiger partial charge in [0.1, 0.15) is 5.82 Å². The first kappa shape index (κ1) is 13.1. The molecule has 0 unspecified atom stereocenters. The molecule has 5 heteroatoms. The fourth-order valence-corrected chi connectivity index (χ4v) is 2.65. The van der Waals surface area contributed by atoms with E-state index in [4.69, 9.17) is 5.73 Å². The number of hydrogen-bond donors (Lipinski definition) is 1. The number of hydrogen-bond acceptors (Lipinski definition) is 3. The Labute approximate surface area is 95.4 Å². The molecule has 3 nitrogen and oxygen atoms in total. The standard InChI is InChI=1S/C11H16FNO2S/c1-8-6-9(4-5-10(8)12)16(14,15)11(2,3)7-13/h4-6H,7,13H2,1-3H3. The van der Waals surface area contributed by atoms with Gasteiger partial charge in [0.15, 0.2) is 9.84 Å². The maximum absolute atomic E-state index is 13.0. The van der Waals surface area contributed by atoms with Gasteiger partial charge in [0.25, 0.3) is 0 Å². The number of rotatable bonds is 3. The molecule has 0 saturated heterocycles. The van der Waals surface area contributed by atoms with E-state index >= 15 is 0 Å². The Kier molecular flexibility index (Phi) is 3.40. The second kappa shape index (κ2) is 4.14. The number of halogens is 1. The summed E-state index contributed by atoms with van der Waals surface area (Å²) < 4.78 is 36.3. The molecule has 0 saturated carbocycles. The van der Waals surface area contributed by atoms with Crippen LogP contribution >= 0.6 is 0 Å². The molecule has 0 atom stereocenters. The lowest BCUT2D eigenvalue weighted by atomic mass is 10.2. The van der Waals surface area contributed by atoms with Gasteiger partial charge in [-0.3, -0.25) is 0 Å². The lowest BCUT2D eigenvalue weighted by Gasteiger charge is -2.22. The number of sulfone groups is 1. The van der Waals surface area contributed by atoms with E-state index in [0.717, 1.165) is 6.07 Å². The molecule has 0 heterocycles. The van der Waals surface area contributed by atoms with Crippen LogP contribution in [0.1, 0.15) is 19.4 Å². The van der Waals surface area contributed by atoms with E-state index in [1.54, 1.807) is 13.8 Å². The van der Waals surface area contributed by atoms with Crippen LogP contribution in [0.15, 0.2) is 23.1 Å². The lowest BCUT2D eigenvalue weighted by Crippen LogP contribution is -2.39. The Morgan fingerprint density at radius 2 is 1.94 bits per heavy atom. The van der Waals surface area contributed by atoms with Crippen LogP contribution in [0.5, 0.6) is 0 Å². The van der Waals surface area contributed by atoms with Gasteiger partial charge in [0, 0.05) is 6.54 Å². The summed E-state index contributed by atoms with van der Waals surface area (Å²) in [7, 11) is -3.52. The predicted octanol–water partition coefficient (Wildman–Crippen LogP) is 1.65. The topological polar surface area (TPSA) is 60.2 Å². The van der Waals surface area contributed by atoms with Gasteiger partial charge in [-0.25, -0.2) is 12.8 Å². The van der Waals surface area contributed by atoms with Gasteiger partial charge in [-0.1, -0.05) is 0 Å². The summed E-state index contributed by atoms with van der Waals surface area (Å²) in [6, 6.07) is 3.77. The molecule has 0 aromatic heterocycles. The van der Waals surface area contributed by atoms with Crippen LogP contribution in [0.2, 0.25) is 0 Å². The molecule has 0 spiro atoms. The molecule has 1 rings (SSSR count). The molecular weight excluding hydrogens is 229 g/mol. The molecule has 0 bridgehead atoms. The summed E-state index contributed by atoms with van der Waals surface area (Å²) in [6.07, 6.45) is 0. The van der Waals surface area contributed by atoms with Crippen molar-refractivity contribution in [2.45, 2.75) is 30.4 Å². The van der Waals surface area contributed by atoms with E-state index in [1.165, 1.54) is 19.1 Å². The van der Waals surface area contributed by atoms with Crippen molar-refractivity contribution in [3.8, 4) is 0 Å². The van der Waals surface area contributed by atoms with E-state index in [9.17, 15) is 12.8 Å². The van der Waals surface area contributed by atoms with Gasteiger partial charge in [-0.15, -0.1) is 0 Å². The highest BCUT2D eigenvalue weighted by molar-refractivity contribution is 7.92. The van der Waals surface area contributed by atoms with Crippen LogP contribution in [-0.2, 0) is 9.84 Å². The van der Waals surface area contributed by atoms with E-state index in [-0.39, 0.29) is 11.4 Å². The Morgan fingerprint density at radius 1 is 1.38 bits per heavy atom. The molecule has 16 heavy (non-hydrogen) atoms. The van der Waals surface area contributed by atoms with Crippen molar-refractivity contribution in [2.24, 2.45) is 5.73 Å². The average Bonchev–Trinajstić information content (AvgIpc) is 2.21. The Hall–Kier alpha value is -0.940. The SMILES string of the molecule is Cc1cc(S(=O)(=O)C(C)(C)CN)ccc1F. The van der Waals surface area contributed by atoms with Crippen molar-refractivity contribution in [3.63, 3.8) is 0 Å². The molecule has 1 aromatic rings. The summed E-state index contributed by atoms with van der Waals surface area (Å²) in [6.45, 7) is 4.66. The third-order valence-corrected chi connectivity index (χ3v) is 5.15. The van der Waals surface area contributed by atoms with Crippen LogP contribution in [0.4, 0.5) is 4.39 Å². The minimum absolute atomic E-state index is 0.0196. The highest BCUT2D eigenvalue weighted by Crippen LogP contribution is 2.25. The van der Waals surface area contributed by atoms with Crippen molar-refractivity contribution < 1.29 is 12.8 Å². The average molecular weight is 245 g/mol. The van der Waals surface area contributed by atoms with E-state index in [2.05, 4.69) is 0 Å². The van der Waals surface area contributed by atoms with Crippen LogP contribution in [-0.4, -0.2) is 19.7 Å². The first-order valence-electron chi connectivity index (χ1n) is 4.93. The largest absolute Gasteiger partial charge is 0.329 e. The van der Waals surface area contributed by atoms with Crippen molar-refractivity contribution in [3.05, 3.63) is 29.6 Å². The lowest BCUT2D eigenvalue weighted by molar-refractivity contribution is 0.548. The van der Waals surface area contributed by atoms with Gasteiger partial charge in [0.2, 0.25) is 0 Å². The molecule has 0 aliphatic heterocycles. The van der Waals surface area contributed by atoms with Crippen molar-refractivity contribution in [1.82, 2.24) is 0 Å². The Balaban J connectivity index is 3.34. The molecule has 2 N–H and O–H groups in total. The number of benzene rings is 1. The molecule has 0 aliphatic rings. The molecule has 0 radical (unpaired) electrons. The van der Waals surface area contributed by atoms with Crippen LogP contribution in [0.25, 0.3) is 0 Å². The summed E-state index contributed by atoms with van der Waals surface area (Å²) in [5.74, 6) is -0.412. The van der Waals surface area contributed by atoms with Crippen molar-refractivity contribution in [1.29, 1.82) is 0 Å². The predicted molar refractivity (Wildman–Crippen MR) is 61.5 cm³/mol. The molecule has 0 fully saturated rings. The zero-order chi connectivity index (χ0) is 12.6. The maximum atomic E-state index is 13.0. The third-order valence-electron chi connectivity index (χ3n) is 2.66. The summed E-state index contributed by atoms with van der Waals surface area (Å²) in [5.41, 5.74) is 5.76. The molecule has 0 aliphatic carbocycles. The second-order valence-corrected chi connectivity index (χ2v) is 6.96. The first-order chi connectivity index (χ1) is 7.22. The van der Waals surface area contributed by atoms with Crippen LogP contribution < -0.4 is 5.73 Å². The normalized spacial score (nSPS) is 12.8. The summed E-state index contributed by atoms with van der Waals surface area (Å²) >= 11 is 0. The van der Waals surface area contributed by atoms with E-state index < -0.39 is 20.4 Å². The van der Waals surface area contributed by atoms with Gasteiger partial charge in [-0.05, 0) is 44.5 Å². The number of nitrogens with two attached hydrogens (primary N) is 1. The zero-order valence-electron chi connectivity index (χ0n) is 9.62. The Bertz CT molecular complexity index is 495. The summed E-state index contributed by atoms with van der Waals surface area (Å²) in [5, 5.41) is 0. The van der Waals surface area contributed by atoms with Gasteiger partial charge in [-0.2, -0.15) is 0 Å². The highest BCUT2D eigenvalue weighted by Gasteiger charge is 2.34. The van der Waals surface area contributed by atoms with Gasteiger partial charge in [0.05, 0.1) is 9.64 Å². The monoisotopic (exact) mass is 245 g/mol. The molecule has 1 aromatic carbocycles. The van der Waals surface area contributed by atoms with E-state index in [1.807, 2.05) is 0 Å². The van der Waals surface area contributed by atoms with Gasteiger partial charge >= 0.3 is 0 Å². The summed E-state index contributed by atoms with van der Waals surface area (Å²) in [4.78, 5) is 0.113. The Morgan fingerprint density at radius 3 is 2.38 bits per heavy atom. The van der Waals surface area contributed by atoms with Gasteiger partial charge < -0.3 is 5.73 Å². The van der Waals surface area contributed by atoms with Crippen molar-refractivity contribution in [2.75, 3.05) is 6.54 Å². The third kappa shape index (κ3) is 2.10.